The van der Waals surface area contributed by atoms with Gasteiger partial charge in [-0.2, -0.15) is 0 Å². The maximum absolute atomic E-state index is 6.13. The molecule has 0 amide bonds. The van der Waals surface area contributed by atoms with Crippen molar-refractivity contribution in [3.05, 3.63) is 0 Å². The molecule has 94 valence electrons. The Morgan fingerprint density at radius 3 is 2.06 bits per heavy atom. The second-order valence-electron chi connectivity index (χ2n) is 5.45. The van der Waals surface area contributed by atoms with Gasteiger partial charge in [-0.25, -0.2) is 0 Å². The molecule has 2 saturated heterocycles. The maximum atomic E-state index is 6.13. The Morgan fingerprint density at radius 1 is 1.00 bits per heavy atom. The summed E-state index contributed by atoms with van der Waals surface area (Å²) in [4.78, 5) is 5.05. The van der Waals surface area contributed by atoms with Gasteiger partial charge >= 0.3 is 0 Å². The second-order valence-corrected chi connectivity index (χ2v) is 5.45. The molecule has 0 radical (unpaired) electrons. The zero-order chi connectivity index (χ0) is 11.4. The first-order chi connectivity index (χ1) is 7.66. The van der Waals surface area contributed by atoms with E-state index < -0.39 is 0 Å². The first-order valence-electron chi connectivity index (χ1n) is 6.47. The maximum Gasteiger partial charge on any atom is 0.0594 e. The topological polar surface area (TPSA) is 41.7 Å². The predicted molar refractivity (Wildman–Crippen MR) is 65.5 cm³/mol. The third-order valence-electron chi connectivity index (χ3n) is 3.83. The zero-order valence-corrected chi connectivity index (χ0v) is 10.5. The van der Waals surface area contributed by atoms with Gasteiger partial charge in [-0.3, -0.25) is 4.90 Å². The molecule has 2 heterocycles. The molecule has 0 aromatic heterocycles. The minimum absolute atomic E-state index is 0.0788. The summed E-state index contributed by atoms with van der Waals surface area (Å²) >= 11 is 0. The Kier molecular flexibility index (Phi) is 4.19. The summed E-state index contributed by atoms with van der Waals surface area (Å²) in [6, 6.07) is 0. The molecule has 2 fully saturated rings. The highest BCUT2D eigenvalue weighted by Crippen LogP contribution is 2.18. The Hall–Kier alpha value is -0.160. The van der Waals surface area contributed by atoms with E-state index in [2.05, 4.69) is 16.7 Å². The smallest absolute Gasteiger partial charge is 0.0594 e. The number of likely N-dealkylation sites (tertiary alicyclic amines) is 1. The van der Waals surface area contributed by atoms with Crippen LogP contribution in [0.2, 0.25) is 0 Å². The van der Waals surface area contributed by atoms with Gasteiger partial charge in [0.1, 0.15) is 0 Å². The van der Waals surface area contributed by atoms with Crippen LogP contribution in [0.4, 0.5) is 0 Å². The van der Waals surface area contributed by atoms with Crippen LogP contribution in [0.3, 0.4) is 0 Å². The molecule has 4 nitrogen and oxygen atoms in total. The van der Waals surface area contributed by atoms with Crippen molar-refractivity contribution in [2.45, 2.75) is 25.3 Å². The highest BCUT2D eigenvalue weighted by atomic mass is 16.5. The van der Waals surface area contributed by atoms with Gasteiger partial charge in [0.15, 0.2) is 0 Å². The van der Waals surface area contributed by atoms with Crippen molar-refractivity contribution < 1.29 is 4.74 Å². The van der Waals surface area contributed by atoms with Crippen LogP contribution < -0.4 is 5.73 Å². The van der Waals surface area contributed by atoms with Crippen LogP contribution in [0.15, 0.2) is 0 Å². The van der Waals surface area contributed by atoms with Gasteiger partial charge in [-0.15, -0.1) is 0 Å². The van der Waals surface area contributed by atoms with Gasteiger partial charge in [-0.1, -0.05) is 0 Å². The average molecular weight is 227 g/mol. The minimum Gasteiger partial charge on any atom is -0.379 e. The second kappa shape index (κ2) is 5.45. The van der Waals surface area contributed by atoms with E-state index in [1.165, 1.54) is 13.1 Å². The van der Waals surface area contributed by atoms with Crippen LogP contribution in [0.5, 0.6) is 0 Å². The highest BCUT2D eigenvalue weighted by molar-refractivity contribution is 4.86. The lowest BCUT2D eigenvalue weighted by Gasteiger charge is -2.38. The lowest BCUT2D eigenvalue weighted by Crippen LogP contribution is -2.50. The molecule has 2 aliphatic heterocycles. The fraction of sp³-hybridized carbons (Fsp3) is 1.00. The molecular weight excluding hydrogens is 202 g/mol. The summed E-state index contributed by atoms with van der Waals surface area (Å²) < 4.78 is 5.35. The van der Waals surface area contributed by atoms with Crippen molar-refractivity contribution in [2.24, 2.45) is 5.73 Å². The molecule has 4 heteroatoms. The molecule has 0 aliphatic carbocycles. The van der Waals surface area contributed by atoms with Crippen LogP contribution in [0.1, 0.15) is 19.8 Å². The van der Waals surface area contributed by atoms with Crippen LogP contribution in [0, 0.1) is 0 Å². The van der Waals surface area contributed by atoms with E-state index >= 15 is 0 Å². The van der Waals surface area contributed by atoms with E-state index in [0.29, 0.717) is 0 Å². The SMILES string of the molecule is CC1(N)CCN(CCN2CCOCC2)CC1. The number of rotatable bonds is 3. The standard InChI is InChI=1S/C12H25N3O/c1-12(13)2-4-14(5-3-12)6-7-15-8-10-16-11-9-15/h2-11,13H2,1H3. The molecule has 16 heavy (non-hydrogen) atoms. The molecule has 0 aromatic rings. The van der Waals surface area contributed by atoms with Gasteiger partial charge in [0.05, 0.1) is 13.2 Å². The van der Waals surface area contributed by atoms with E-state index in [4.69, 9.17) is 10.5 Å². The minimum atomic E-state index is 0.0788. The lowest BCUT2D eigenvalue weighted by molar-refractivity contribution is 0.0311. The summed E-state index contributed by atoms with van der Waals surface area (Å²) in [6.45, 7) is 10.9. The van der Waals surface area contributed by atoms with Gasteiger partial charge in [0.25, 0.3) is 0 Å². The largest absolute Gasteiger partial charge is 0.379 e. The summed E-state index contributed by atoms with van der Waals surface area (Å²) in [7, 11) is 0. The van der Waals surface area contributed by atoms with Gasteiger partial charge < -0.3 is 15.4 Å². The molecule has 0 unspecified atom stereocenters. The van der Waals surface area contributed by atoms with Crippen molar-refractivity contribution in [3.63, 3.8) is 0 Å². The summed E-state index contributed by atoms with van der Waals surface area (Å²) in [5.74, 6) is 0. The Morgan fingerprint density at radius 2 is 1.50 bits per heavy atom. The van der Waals surface area contributed by atoms with Gasteiger partial charge in [-0.05, 0) is 32.9 Å². The lowest BCUT2D eigenvalue weighted by atomic mass is 9.91. The van der Waals surface area contributed by atoms with Crippen molar-refractivity contribution in [1.29, 1.82) is 0 Å². The van der Waals surface area contributed by atoms with Gasteiger partial charge in [0.2, 0.25) is 0 Å². The number of ether oxygens (including phenoxy) is 1. The van der Waals surface area contributed by atoms with E-state index in [-0.39, 0.29) is 5.54 Å². The molecule has 0 spiro atoms. The van der Waals surface area contributed by atoms with E-state index in [1.54, 1.807) is 0 Å². The number of morpholine rings is 1. The molecule has 0 aromatic carbocycles. The molecule has 2 aliphatic rings. The quantitative estimate of drug-likeness (QED) is 0.744. The molecule has 0 saturated carbocycles. The van der Waals surface area contributed by atoms with Crippen LogP contribution in [0.25, 0.3) is 0 Å². The van der Waals surface area contributed by atoms with Gasteiger partial charge in [0, 0.05) is 31.7 Å². The third kappa shape index (κ3) is 3.70. The monoisotopic (exact) mass is 227 g/mol. The van der Waals surface area contributed by atoms with Crippen LogP contribution in [-0.2, 0) is 4.74 Å². The number of hydrogen-bond donors (Lipinski definition) is 1. The van der Waals surface area contributed by atoms with Crippen molar-refractivity contribution >= 4 is 0 Å². The van der Waals surface area contributed by atoms with Crippen LogP contribution in [-0.4, -0.2) is 67.8 Å². The Labute approximate surface area is 98.7 Å². The van der Waals surface area contributed by atoms with Crippen molar-refractivity contribution in [2.75, 3.05) is 52.5 Å². The van der Waals surface area contributed by atoms with Crippen molar-refractivity contribution in [3.8, 4) is 0 Å². The van der Waals surface area contributed by atoms with Crippen LogP contribution >= 0.6 is 0 Å². The zero-order valence-electron chi connectivity index (χ0n) is 10.5. The predicted octanol–water partition coefficient (Wildman–Crippen LogP) is 0.132. The average Bonchev–Trinajstić information content (AvgIpc) is 2.29. The molecular formula is C12H25N3O. The summed E-state index contributed by atoms with van der Waals surface area (Å²) in [5, 5.41) is 0. The molecule has 2 rings (SSSR count). The first kappa shape index (κ1) is 12.3. The summed E-state index contributed by atoms with van der Waals surface area (Å²) in [5.41, 5.74) is 6.20. The number of nitrogens with two attached hydrogens (primary N) is 1. The third-order valence-corrected chi connectivity index (χ3v) is 3.83. The fourth-order valence-corrected chi connectivity index (χ4v) is 2.40. The number of nitrogens with zero attached hydrogens (tertiary/aromatic N) is 2. The number of piperidine rings is 1. The first-order valence-corrected chi connectivity index (χ1v) is 6.47. The van der Waals surface area contributed by atoms with Crippen molar-refractivity contribution in [1.82, 2.24) is 9.80 Å². The summed E-state index contributed by atoms with van der Waals surface area (Å²) in [6.07, 6.45) is 2.27. The number of hydrogen-bond acceptors (Lipinski definition) is 4. The molecule has 0 bridgehead atoms. The van der Waals surface area contributed by atoms with E-state index in [9.17, 15) is 0 Å². The fourth-order valence-electron chi connectivity index (χ4n) is 2.40. The normalized spacial score (nSPS) is 28.1. The highest BCUT2D eigenvalue weighted by Gasteiger charge is 2.25. The van der Waals surface area contributed by atoms with E-state index in [1.807, 2.05) is 0 Å². The Bertz CT molecular complexity index is 204. The Balaban J connectivity index is 1.63. The molecule has 0 atom stereocenters. The van der Waals surface area contributed by atoms with E-state index in [0.717, 1.165) is 52.2 Å². The molecule has 2 N–H and O–H groups in total.